The minimum atomic E-state index is -3.82. The molecule has 0 aliphatic carbocycles. The van der Waals surface area contributed by atoms with Crippen LogP contribution in [0, 0.1) is 0 Å². The Balaban J connectivity index is 1.71. The van der Waals surface area contributed by atoms with E-state index in [-0.39, 0.29) is 19.0 Å². The zero-order chi connectivity index (χ0) is 27.3. The summed E-state index contributed by atoms with van der Waals surface area (Å²) < 4.78 is 71.3. The summed E-state index contributed by atoms with van der Waals surface area (Å²) in [4.78, 5) is 11.5. The number of ether oxygens (including phenoxy) is 4. The summed E-state index contributed by atoms with van der Waals surface area (Å²) in [6.45, 7) is -0.953. The highest BCUT2D eigenvalue weighted by Gasteiger charge is 2.31. The van der Waals surface area contributed by atoms with Gasteiger partial charge in [0.1, 0.15) is 30.0 Å². The summed E-state index contributed by atoms with van der Waals surface area (Å²) in [6, 6.07) is 16.5. The molecule has 200 valence electrons. The minimum Gasteiger partial charge on any atom is -0.490 e. The van der Waals surface area contributed by atoms with E-state index < -0.39 is 34.5 Å². The lowest BCUT2D eigenvalue weighted by Crippen LogP contribution is -2.18. The smallest absolute Gasteiger partial charge is 0.387 e. The molecule has 0 radical (unpaired) electrons. The van der Waals surface area contributed by atoms with Crippen molar-refractivity contribution in [1.82, 2.24) is 0 Å². The monoisotopic (exact) mass is 545 g/mol. The molecular formula is C27H25F2NO7S. The Morgan fingerprint density at radius 3 is 2.66 bits per heavy atom. The van der Waals surface area contributed by atoms with E-state index in [0.29, 0.717) is 39.3 Å². The summed E-state index contributed by atoms with van der Waals surface area (Å²) in [5.74, 6) is -0.139. The molecule has 2 N–H and O–H groups in total. The standard InChI is InChI=1S/C27H25F2NO7S/c1-2-34-24(31)10-5-13-35-19-7-3-6-18(15-19)26-21-14-17(16-38(30,32)33)11-12-20(21)25-22(36-26)8-4-9-23(25)37-27(28)29/h3-12,14-15,26-27H,2,13,16H2,1H3,(H2,30,32,33). The van der Waals surface area contributed by atoms with Gasteiger partial charge in [0.2, 0.25) is 10.0 Å². The normalized spacial score (nSPS) is 14.5. The molecule has 0 saturated heterocycles. The number of sulfonamides is 1. The van der Waals surface area contributed by atoms with E-state index in [9.17, 15) is 22.0 Å². The van der Waals surface area contributed by atoms with Gasteiger partial charge in [0, 0.05) is 17.2 Å². The number of hydrogen-bond acceptors (Lipinski definition) is 7. The Kier molecular flexibility index (Phi) is 8.28. The van der Waals surface area contributed by atoms with Gasteiger partial charge in [0.15, 0.2) is 0 Å². The molecule has 4 rings (SSSR count). The van der Waals surface area contributed by atoms with Crippen LogP contribution in [0.3, 0.4) is 0 Å². The molecule has 38 heavy (non-hydrogen) atoms. The maximum absolute atomic E-state index is 13.1. The third-order valence-electron chi connectivity index (χ3n) is 5.53. The number of halogens is 2. The van der Waals surface area contributed by atoms with E-state index in [1.807, 2.05) is 0 Å². The number of fused-ring (bicyclic) bond motifs is 3. The highest BCUT2D eigenvalue weighted by molar-refractivity contribution is 7.88. The van der Waals surface area contributed by atoms with E-state index in [0.717, 1.165) is 0 Å². The van der Waals surface area contributed by atoms with Gasteiger partial charge in [-0.25, -0.2) is 18.4 Å². The first-order chi connectivity index (χ1) is 18.1. The molecule has 8 nitrogen and oxygen atoms in total. The first-order valence-electron chi connectivity index (χ1n) is 11.6. The molecule has 11 heteroatoms. The molecule has 0 saturated carbocycles. The van der Waals surface area contributed by atoms with Gasteiger partial charge in [-0.05, 0) is 48.4 Å². The molecule has 3 aromatic rings. The molecule has 0 aromatic heterocycles. The van der Waals surface area contributed by atoms with Gasteiger partial charge in [-0.1, -0.05) is 36.4 Å². The van der Waals surface area contributed by atoms with Gasteiger partial charge in [0.25, 0.3) is 0 Å². The van der Waals surface area contributed by atoms with Crippen molar-refractivity contribution < 1.29 is 40.9 Å². The van der Waals surface area contributed by atoms with Crippen LogP contribution >= 0.6 is 0 Å². The summed E-state index contributed by atoms with van der Waals surface area (Å²) in [6.07, 6.45) is 2.08. The number of hydrogen-bond donors (Lipinski definition) is 1. The fourth-order valence-electron chi connectivity index (χ4n) is 4.13. The molecule has 0 bridgehead atoms. The molecule has 1 aliphatic rings. The topological polar surface area (TPSA) is 114 Å². The van der Waals surface area contributed by atoms with Crippen LogP contribution in [0.1, 0.15) is 29.7 Å². The molecule has 1 heterocycles. The van der Waals surface area contributed by atoms with E-state index in [1.54, 1.807) is 61.5 Å². The Hall–Kier alpha value is -3.96. The molecule has 0 amide bonds. The van der Waals surface area contributed by atoms with Gasteiger partial charge in [-0.2, -0.15) is 8.78 Å². The number of alkyl halides is 2. The average Bonchev–Trinajstić information content (AvgIpc) is 2.85. The number of benzene rings is 3. The third-order valence-corrected chi connectivity index (χ3v) is 6.27. The van der Waals surface area contributed by atoms with Crippen molar-refractivity contribution in [3.63, 3.8) is 0 Å². The maximum atomic E-state index is 13.1. The van der Waals surface area contributed by atoms with E-state index in [4.69, 9.17) is 24.1 Å². The van der Waals surface area contributed by atoms with E-state index >= 15 is 0 Å². The van der Waals surface area contributed by atoms with Crippen molar-refractivity contribution in [2.75, 3.05) is 13.2 Å². The summed E-state index contributed by atoms with van der Waals surface area (Å²) >= 11 is 0. The highest BCUT2D eigenvalue weighted by Crippen LogP contribution is 2.49. The van der Waals surface area contributed by atoms with E-state index in [1.165, 1.54) is 18.2 Å². The minimum absolute atomic E-state index is 0.0677. The molecule has 1 atom stereocenters. The van der Waals surface area contributed by atoms with Gasteiger partial charge >= 0.3 is 12.6 Å². The predicted octanol–water partition coefficient (Wildman–Crippen LogP) is 4.72. The predicted molar refractivity (Wildman–Crippen MR) is 136 cm³/mol. The zero-order valence-electron chi connectivity index (χ0n) is 20.3. The largest absolute Gasteiger partial charge is 0.490 e. The van der Waals surface area contributed by atoms with Gasteiger partial charge in [0.05, 0.1) is 17.9 Å². The second kappa shape index (κ2) is 11.6. The Labute approximate surface area is 218 Å². The lowest BCUT2D eigenvalue weighted by atomic mass is 9.88. The molecular weight excluding hydrogens is 520 g/mol. The van der Waals surface area contributed by atoms with Crippen molar-refractivity contribution in [2.45, 2.75) is 25.4 Å². The molecule has 3 aromatic carbocycles. The van der Waals surface area contributed by atoms with Crippen LogP contribution in [0.15, 0.2) is 72.8 Å². The SMILES string of the molecule is CCOC(=O)C=CCOc1cccc(C2Oc3cccc(OC(F)F)c3-c3ccc(CS(N)(=O)=O)cc32)c1. The van der Waals surface area contributed by atoms with Crippen LogP contribution in [0.4, 0.5) is 8.78 Å². The molecule has 0 spiro atoms. The van der Waals surface area contributed by atoms with Crippen molar-refractivity contribution in [2.24, 2.45) is 5.14 Å². The van der Waals surface area contributed by atoms with Crippen LogP contribution in [0.25, 0.3) is 11.1 Å². The number of carbonyl (C=O) groups excluding carboxylic acids is 1. The number of primary sulfonamides is 1. The molecule has 1 unspecified atom stereocenters. The van der Waals surface area contributed by atoms with Crippen LogP contribution < -0.4 is 19.3 Å². The van der Waals surface area contributed by atoms with Crippen molar-refractivity contribution in [3.05, 3.63) is 89.5 Å². The zero-order valence-corrected chi connectivity index (χ0v) is 21.1. The van der Waals surface area contributed by atoms with Gasteiger partial charge in [-0.3, -0.25) is 0 Å². The van der Waals surface area contributed by atoms with Gasteiger partial charge in [-0.15, -0.1) is 0 Å². The Morgan fingerprint density at radius 1 is 1.13 bits per heavy atom. The van der Waals surface area contributed by atoms with Crippen molar-refractivity contribution in [1.29, 1.82) is 0 Å². The lowest BCUT2D eigenvalue weighted by molar-refractivity contribution is -0.137. The van der Waals surface area contributed by atoms with Crippen LogP contribution in [0.2, 0.25) is 0 Å². The second-order valence-electron chi connectivity index (χ2n) is 8.27. The fourth-order valence-corrected chi connectivity index (χ4v) is 4.78. The summed E-state index contributed by atoms with van der Waals surface area (Å²) in [5, 5.41) is 5.24. The highest BCUT2D eigenvalue weighted by atomic mass is 32.2. The fraction of sp³-hybridized carbons (Fsp3) is 0.222. The average molecular weight is 546 g/mol. The van der Waals surface area contributed by atoms with Crippen LogP contribution in [-0.2, 0) is 25.3 Å². The lowest BCUT2D eigenvalue weighted by Gasteiger charge is -2.31. The van der Waals surface area contributed by atoms with Crippen LogP contribution in [0.5, 0.6) is 17.2 Å². The van der Waals surface area contributed by atoms with Crippen molar-refractivity contribution >= 4 is 16.0 Å². The molecule has 1 aliphatic heterocycles. The number of nitrogens with two attached hydrogens (primary N) is 1. The second-order valence-corrected chi connectivity index (χ2v) is 9.89. The number of rotatable bonds is 10. The first-order valence-corrected chi connectivity index (χ1v) is 13.3. The number of esters is 1. The third kappa shape index (κ3) is 6.67. The molecule has 0 fully saturated rings. The van der Waals surface area contributed by atoms with Crippen molar-refractivity contribution in [3.8, 4) is 28.4 Å². The Bertz CT molecular complexity index is 1460. The number of carbonyl (C=O) groups is 1. The van der Waals surface area contributed by atoms with E-state index in [2.05, 4.69) is 0 Å². The summed E-state index contributed by atoms with van der Waals surface area (Å²) in [5.41, 5.74) is 2.50. The van der Waals surface area contributed by atoms with Crippen LogP contribution in [-0.4, -0.2) is 34.2 Å². The quantitative estimate of drug-likeness (QED) is 0.290. The summed E-state index contributed by atoms with van der Waals surface area (Å²) in [7, 11) is -3.82. The first kappa shape index (κ1) is 27.1. The maximum Gasteiger partial charge on any atom is 0.387 e. The Morgan fingerprint density at radius 2 is 1.92 bits per heavy atom. The van der Waals surface area contributed by atoms with Gasteiger partial charge < -0.3 is 18.9 Å².